The van der Waals surface area contributed by atoms with Crippen LogP contribution < -0.4 is 11.1 Å². The molecule has 0 saturated heterocycles. The molecule has 0 fully saturated rings. The minimum Gasteiger partial charge on any atom is -0.397 e. The van der Waals surface area contributed by atoms with Gasteiger partial charge in [0.15, 0.2) is 0 Å². The average Bonchev–Trinajstić information content (AvgIpc) is 2.67. The zero-order valence-electron chi connectivity index (χ0n) is 8.90. The van der Waals surface area contributed by atoms with Gasteiger partial charge in [0.2, 0.25) is 0 Å². The van der Waals surface area contributed by atoms with E-state index in [-0.39, 0.29) is 5.82 Å². The van der Waals surface area contributed by atoms with Crippen molar-refractivity contribution in [2.24, 2.45) is 0 Å². The predicted octanol–water partition coefficient (Wildman–Crippen LogP) is 2.95. The fourth-order valence-electron chi connectivity index (χ4n) is 1.42. The van der Waals surface area contributed by atoms with Crippen LogP contribution in [0.1, 0.15) is 10.4 Å². The second kappa shape index (κ2) is 4.85. The molecule has 0 radical (unpaired) electrons. The summed E-state index contributed by atoms with van der Waals surface area (Å²) in [4.78, 5) is 0.492. The molecule has 3 N–H and O–H groups in total. The summed E-state index contributed by atoms with van der Waals surface area (Å²) in [5, 5.41) is 12.7. The summed E-state index contributed by atoms with van der Waals surface area (Å²) in [7, 11) is 0. The number of nitrogens with one attached hydrogen (secondary N) is 1. The highest BCUT2D eigenvalue weighted by atomic mass is 32.1. The van der Waals surface area contributed by atoms with Gasteiger partial charge in [-0.3, -0.25) is 0 Å². The Morgan fingerprint density at radius 1 is 1.41 bits per heavy atom. The van der Waals surface area contributed by atoms with Crippen molar-refractivity contribution >= 4 is 22.0 Å². The normalized spacial score (nSPS) is 9.88. The van der Waals surface area contributed by atoms with Crippen LogP contribution >= 0.6 is 11.3 Å². The van der Waals surface area contributed by atoms with Crippen molar-refractivity contribution in [1.82, 2.24) is 0 Å². The number of hydrogen-bond donors (Lipinski definition) is 2. The Hall–Kier alpha value is -2.06. The molecule has 3 nitrogen and oxygen atoms in total. The van der Waals surface area contributed by atoms with Crippen molar-refractivity contribution in [3.05, 3.63) is 46.6 Å². The number of nitrogen functional groups attached to an aromatic ring is 1. The highest BCUT2D eigenvalue weighted by Crippen LogP contribution is 2.28. The summed E-state index contributed by atoms with van der Waals surface area (Å²) in [5.74, 6) is -0.257. The molecule has 0 atom stereocenters. The molecule has 0 unspecified atom stereocenters. The molecule has 86 valence electrons. The number of halogens is 1. The number of anilines is 2. The number of thiophene rings is 1. The summed E-state index contributed by atoms with van der Waals surface area (Å²) in [6.07, 6.45) is 0. The lowest BCUT2D eigenvalue weighted by molar-refractivity contribution is 0.626. The summed E-state index contributed by atoms with van der Waals surface area (Å²) < 4.78 is 12.9. The Labute approximate surface area is 102 Å². The molecular formula is C12H10FN3S. The van der Waals surface area contributed by atoms with Gasteiger partial charge in [-0.15, -0.1) is 11.3 Å². The number of hydrogen-bond acceptors (Lipinski definition) is 4. The lowest BCUT2D eigenvalue weighted by Gasteiger charge is -2.03. The Morgan fingerprint density at radius 2 is 2.24 bits per heavy atom. The minimum absolute atomic E-state index is 0.257. The lowest BCUT2D eigenvalue weighted by atomic mass is 10.2. The van der Waals surface area contributed by atoms with E-state index >= 15 is 0 Å². The molecule has 17 heavy (non-hydrogen) atoms. The van der Waals surface area contributed by atoms with Gasteiger partial charge in [0, 0.05) is 6.54 Å². The van der Waals surface area contributed by atoms with Crippen LogP contribution in [0.15, 0.2) is 30.3 Å². The lowest BCUT2D eigenvalue weighted by Crippen LogP contribution is -1.97. The molecule has 0 spiro atoms. The summed E-state index contributed by atoms with van der Waals surface area (Å²) in [5.41, 5.74) is 6.95. The predicted molar refractivity (Wildman–Crippen MR) is 67.2 cm³/mol. The molecule has 0 amide bonds. The van der Waals surface area contributed by atoms with Gasteiger partial charge >= 0.3 is 0 Å². The summed E-state index contributed by atoms with van der Waals surface area (Å²) in [6.45, 7) is 0.503. The molecule has 1 aromatic heterocycles. The van der Waals surface area contributed by atoms with Crippen LogP contribution in [-0.2, 0) is 6.54 Å². The number of nitrogens with zero attached hydrogens (tertiary/aromatic N) is 1. The van der Waals surface area contributed by atoms with E-state index < -0.39 is 0 Å². The Kier molecular flexibility index (Phi) is 3.26. The van der Waals surface area contributed by atoms with Crippen molar-refractivity contribution in [2.75, 3.05) is 11.1 Å². The zero-order valence-corrected chi connectivity index (χ0v) is 9.72. The maximum Gasteiger partial charge on any atom is 0.129 e. The van der Waals surface area contributed by atoms with E-state index in [1.165, 1.54) is 23.5 Å². The largest absolute Gasteiger partial charge is 0.397 e. The average molecular weight is 247 g/mol. The molecule has 0 saturated carbocycles. The van der Waals surface area contributed by atoms with Crippen LogP contribution in [0, 0.1) is 17.1 Å². The van der Waals surface area contributed by atoms with Gasteiger partial charge in [-0.1, -0.05) is 12.1 Å². The van der Waals surface area contributed by atoms with E-state index in [4.69, 9.17) is 11.0 Å². The number of nitrogens with two attached hydrogens (primary N) is 1. The molecule has 1 heterocycles. The fourth-order valence-corrected chi connectivity index (χ4v) is 2.19. The maximum atomic E-state index is 12.9. The van der Waals surface area contributed by atoms with Crippen molar-refractivity contribution < 1.29 is 4.39 Å². The van der Waals surface area contributed by atoms with Crippen LogP contribution in [-0.4, -0.2) is 0 Å². The fraction of sp³-hybridized carbons (Fsp3) is 0.0833. The quantitative estimate of drug-likeness (QED) is 0.876. The van der Waals surface area contributed by atoms with Gasteiger partial charge in [-0.05, 0) is 23.8 Å². The standard InChI is InChI=1S/C12H10FN3S/c13-9-3-1-2-8(4-9)7-16-12-5-10(15)11(6-14)17-12/h1-5,16H,7,15H2. The highest BCUT2D eigenvalue weighted by molar-refractivity contribution is 7.17. The molecule has 0 aliphatic rings. The van der Waals surface area contributed by atoms with Gasteiger partial charge in [0.05, 0.1) is 10.7 Å². The SMILES string of the molecule is N#Cc1sc(NCc2cccc(F)c2)cc1N. The van der Waals surface area contributed by atoms with E-state index in [0.717, 1.165) is 10.6 Å². The molecular weight excluding hydrogens is 237 g/mol. The first-order valence-corrected chi connectivity index (χ1v) is 5.78. The first-order chi connectivity index (χ1) is 8.19. The van der Waals surface area contributed by atoms with Crippen molar-refractivity contribution in [3.8, 4) is 6.07 Å². The monoisotopic (exact) mass is 247 g/mol. The molecule has 2 rings (SSSR count). The van der Waals surface area contributed by atoms with Crippen molar-refractivity contribution in [2.45, 2.75) is 6.54 Å². The third-order valence-electron chi connectivity index (χ3n) is 2.22. The Balaban J connectivity index is 2.05. The van der Waals surface area contributed by atoms with Crippen molar-refractivity contribution in [1.29, 1.82) is 5.26 Å². The zero-order chi connectivity index (χ0) is 12.3. The molecule has 0 bridgehead atoms. The van der Waals surface area contributed by atoms with E-state index in [9.17, 15) is 4.39 Å². The van der Waals surface area contributed by atoms with Crippen LogP contribution in [0.2, 0.25) is 0 Å². The first-order valence-electron chi connectivity index (χ1n) is 4.97. The molecule has 0 aliphatic heterocycles. The van der Waals surface area contributed by atoms with Crippen LogP contribution in [0.4, 0.5) is 15.1 Å². The summed E-state index contributed by atoms with van der Waals surface area (Å²) in [6, 6.07) is 10.1. The van der Waals surface area contributed by atoms with Crippen LogP contribution in [0.3, 0.4) is 0 Å². The van der Waals surface area contributed by atoms with E-state index in [2.05, 4.69) is 5.32 Å². The van der Waals surface area contributed by atoms with E-state index in [1.807, 2.05) is 12.1 Å². The van der Waals surface area contributed by atoms with Crippen LogP contribution in [0.5, 0.6) is 0 Å². The molecule has 5 heteroatoms. The second-order valence-corrected chi connectivity index (χ2v) is 4.54. The third kappa shape index (κ3) is 2.74. The van der Waals surface area contributed by atoms with Gasteiger partial charge in [0.1, 0.15) is 16.8 Å². The maximum absolute atomic E-state index is 12.9. The second-order valence-electron chi connectivity index (χ2n) is 3.49. The highest BCUT2D eigenvalue weighted by Gasteiger charge is 2.05. The topological polar surface area (TPSA) is 61.8 Å². The number of nitriles is 1. The Morgan fingerprint density at radius 3 is 2.88 bits per heavy atom. The number of rotatable bonds is 3. The van der Waals surface area contributed by atoms with Gasteiger partial charge in [-0.25, -0.2) is 4.39 Å². The first kappa shape index (κ1) is 11.4. The Bertz CT molecular complexity index is 571. The minimum atomic E-state index is -0.257. The van der Waals surface area contributed by atoms with E-state index in [1.54, 1.807) is 12.1 Å². The van der Waals surface area contributed by atoms with Gasteiger partial charge in [0.25, 0.3) is 0 Å². The summed E-state index contributed by atoms with van der Waals surface area (Å²) >= 11 is 1.29. The van der Waals surface area contributed by atoms with Gasteiger partial charge in [-0.2, -0.15) is 5.26 Å². The van der Waals surface area contributed by atoms with Crippen LogP contribution in [0.25, 0.3) is 0 Å². The smallest absolute Gasteiger partial charge is 0.129 e. The third-order valence-corrected chi connectivity index (χ3v) is 3.23. The van der Waals surface area contributed by atoms with Crippen molar-refractivity contribution in [3.63, 3.8) is 0 Å². The van der Waals surface area contributed by atoms with Gasteiger partial charge < -0.3 is 11.1 Å². The molecule has 0 aliphatic carbocycles. The number of benzene rings is 1. The van der Waals surface area contributed by atoms with E-state index in [0.29, 0.717) is 17.1 Å². The molecule has 1 aromatic carbocycles. The molecule has 2 aromatic rings.